The third-order valence-electron chi connectivity index (χ3n) is 2.77. The van der Waals surface area contributed by atoms with Gasteiger partial charge in [0, 0.05) is 15.1 Å². The van der Waals surface area contributed by atoms with Gasteiger partial charge in [-0.15, -0.1) is 0 Å². The van der Waals surface area contributed by atoms with Crippen molar-refractivity contribution < 1.29 is 14.7 Å². The van der Waals surface area contributed by atoms with Crippen LogP contribution in [0.25, 0.3) is 0 Å². The molecule has 0 radical (unpaired) electrons. The van der Waals surface area contributed by atoms with E-state index in [-0.39, 0.29) is 11.5 Å². The summed E-state index contributed by atoms with van der Waals surface area (Å²) in [4.78, 5) is 23.0. The Labute approximate surface area is 134 Å². The van der Waals surface area contributed by atoms with Crippen LogP contribution in [0.4, 0.5) is 5.69 Å². The van der Waals surface area contributed by atoms with E-state index in [0.717, 1.165) is 5.56 Å². The van der Waals surface area contributed by atoms with E-state index in [4.69, 9.17) is 16.7 Å². The van der Waals surface area contributed by atoms with E-state index in [1.54, 1.807) is 18.2 Å². The number of carbonyl (C=O) groups is 2. The first kappa shape index (κ1) is 15.5. The number of benzene rings is 2. The molecule has 2 aromatic carbocycles. The highest BCUT2D eigenvalue weighted by Crippen LogP contribution is 2.25. The Morgan fingerprint density at radius 1 is 1.14 bits per heavy atom. The number of carbonyl (C=O) groups excluding carboxylic acids is 1. The molecular weight excluding hydrogens is 358 g/mol. The summed E-state index contributed by atoms with van der Waals surface area (Å²) in [6.07, 6.45) is 0. The normalized spacial score (nSPS) is 10.2. The monoisotopic (exact) mass is 367 g/mol. The number of carboxylic acid groups (broad SMARTS) is 1. The quantitative estimate of drug-likeness (QED) is 0.846. The number of rotatable bonds is 3. The molecule has 2 rings (SSSR count). The molecule has 2 N–H and O–H groups in total. The van der Waals surface area contributed by atoms with Gasteiger partial charge in [0.2, 0.25) is 0 Å². The largest absolute Gasteiger partial charge is 0.478 e. The topological polar surface area (TPSA) is 66.4 Å². The first-order valence-electron chi connectivity index (χ1n) is 5.98. The second kappa shape index (κ2) is 6.28. The third-order valence-corrected chi connectivity index (χ3v) is 3.64. The van der Waals surface area contributed by atoms with E-state index in [1.807, 2.05) is 6.92 Å². The summed E-state index contributed by atoms with van der Waals surface area (Å²) in [5.41, 5.74) is 1.95. The predicted molar refractivity (Wildman–Crippen MR) is 85.2 cm³/mol. The van der Waals surface area contributed by atoms with E-state index in [0.29, 0.717) is 20.7 Å². The van der Waals surface area contributed by atoms with Crippen LogP contribution < -0.4 is 5.32 Å². The summed E-state index contributed by atoms with van der Waals surface area (Å²) in [5.74, 6) is -1.34. The second-order valence-corrected chi connectivity index (χ2v) is 5.76. The Balaban J connectivity index is 2.25. The lowest BCUT2D eigenvalue weighted by Gasteiger charge is -2.09. The Morgan fingerprint density at radius 3 is 2.43 bits per heavy atom. The molecule has 0 aliphatic rings. The van der Waals surface area contributed by atoms with E-state index in [9.17, 15) is 9.59 Å². The molecule has 0 aromatic heterocycles. The van der Waals surface area contributed by atoms with Crippen molar-refractivity contribution in [3.63, 3.8) is 0 Å². The van der Waals surface area contributed by atoms with Gasteiger partial charge in [-0.1, -0.05) is 11.6 Å². The van der Waals surface area contributed by atoms with Gasteiger partial charge in [0.1, 0.15) is 0 Å². The zero-order valence-corrected chi connectivity index (χ0v) is 13.3. The van der Waals surface area contributed by atoms with Crippen molar-refractivity contribution >= 4 is 45.1 Å². The molecule has 0 bridgehead atoms. The molecule has 0 saturated heterocycles. The molecule has 2 aromatic rings. The van der Waals surface area contributed by atoms with Crippen LogP contribution in [0.1, 0.15) is 26.3 Å². The lowest BCUT2D eigenvalue weighted by molar-refractivity contribution is 0.0696. The van der Waals surface area contributed by atoms with Crippen LogP contribution in [0, 0.1) is 6.92 Å². The molecular formula is C15H11BrClNO3. The van der Waals surface area contributed by atoms with Crippen LogP contribution >= 0.6 is 27.5 Å². The maximum absolute atomic E-state index is 12.2. The second-order valence-electron chi connectivity index (χ2n) is 4.47. The number of halogens is 2. The van der Waals surface area contributed by atoms with Crippen molar-refractivity contribution in [2.24, 2.45) is 0 Å². The number of carboxylic acids is 1. The van der Waals surface area contributed by atoms with Crippen molar-refractivity contribution in [1.82, 2.24) is 0 Å². The number of aryl methyl sites for hydroxylation is 1. The first-order chi connectivity index (χ1) is 9.86. The van der Waals surface area contributed by atoms with Gasteiger partial charge in [-0.05, 0) is 64.8 Å². The highest BCUT2D eigenvalue weighted by Gasteiger charge is 2.11. The number of hydrogen-bond acceptors (Lipinski definition) is 2. The minimum atomic E-state index is -1.03. The highest BCUT2D eigenvalue weighted by molar-refractivity contribution is 9.10. The van der Waals surface area contributed by atoms with Gasteiger partial charge >= 0.3 is 5.97 Å². The van der Waals surface area contributed by atoms with Crippen LogP contribution in [0.5, 0.6) is 0 Å². The standard InChI is InChI=1S/C15H11BrClNO3/c1-8-4-10(6-11(17)5-8)14(19)18-13-3-2-9(15(20)21)7-12(13)16/h2-7H,1H3,(H,18,19)(H,20,21). The summed E-state index contributed by atoms with van der Waals surface area (Å²) in [6.45, 7) is 1.85. The Morgan fingerprint density at radius 2 is 1.86 bits per heavy atom. The molecule has 0 fully saturated rings. The van der Waals surface area contributed by atoms with Crippen LogP contribution in [0.2, 0.25) is 5.02 Å². The number of amides is 1. The molecule has 4 nitrogen and oxygen atoms in total. The lowest BCUT2D eigenvalue weighted by Crippen LogP contribution is -2.12. The van der Waals surface area contributed by atoms with Crippen LogP contribution in [0.15, 0.2) is 40.9 Å². The van der Waals surface area contributed by atoms with E-state index in [2.05, 4.69) is 21.2 Å². The number of aromatic carboxylic acids is 1. The van der Waals surface area contributed by atoms with Crippen molar-refractivity contribution in [1.29, 1.82) is 0 Å². The van der Waals surface area contributed by atoms with E-state index < -0.39 is 5.97 Å². The van der Waals surface area contributed by atoms with Crippen molar-refractivity contribution in [3.05, 3.63) is 62.6 Å². The summed E-state index contributed by atoms with van der Waals surface area (Å²) in [6, 6.07) is 9.44. The minimum Gasteiger partial charge on any atom is -0.478 e. The fourth-order valence-electron chi connectivity index (χ4n) is 1.81. The average molecular weight is 369 g/mol. The fraction of sp³-hybridized carbons (Fsp3) is 0.0667. The van der Waals surface area contributed by atoms with Crippen LogP contribution in [0.3, 0.4) is 0 Å². The van der Waals surface area contributed by atoms with E-state index in [1.165, 1.54) is 18.2 Å². The molecule has 0 heterocycles. The van der Waals surface area contributed by atoms with Gasteiger partial charge in [0.25, 0.3) is 5.91 Å². The van der Waals surface area contributed by atoms with Gasteiger partial charge < -0.3 is 10.4 Å². The first-order valence-corrected chi connectivity index (χ1v) is 7.15. The number of anilines is 1. The lowest BCUT2D eigenvalue weighted by atomic mass is 10.1. The molecule has 0 aliphatic carbocycles. The highest BCUT2D eigenvalue weighted by atomic mass is 79.9. The molecule has 0 saturated carbocycles. The summed E-state index contributed by atoms with van der Waals surface area (Å²) in [7, 11) is 0. The van der Waals surface area contributed by atoms with Crippen LogP contribution in [-0.2, 0) is 0 Å². The summed E-state index contributed by atoms with van der Waals surface area (Å²) >= 11 is 9.17. The van der Waals surface area contributed by atoms with Crippen molar-refractivity contribution in [2.45, 2.75) is 6.92 Å². The van der Waals surface area contributed by atoms with Gasteiger partial charge in [-0.3, -0.25) is 4.79 Å². The zero-order chi connectivity index (χ0) is 15.6. The Kier molecular flexibility index (Phi) is 4.65. The molecule has 0 spiro atoms. The summed E-state index contributed by atoms with van der Waals surface area (Å²) < 4.78 is 0.495. The molecule has 0 atom stereocenters. The molecule has 0 unspecified atom stereocenters. The van der Waals surface area contributed by atoms with Gasteiger partial charge in [-0.2, -0.15) is 0 Å². The average Bonchev–Trinajstić information content (AvgIpc) is 2.39. The Hall–Kier alpha value is -1.85. The van der Waals surface area contributed by atoms with Gasteiger partial charge in [0.05, 0.1) is 11.3 Å². The van der Waals surface area contributed by atoms with Gasteiger partial charge in [-0.25, -0.2) is 4.79 Å². The molecule has 6 heteroatoms. The van der Waals surface area contributed by atoms with Gasteiger partial charge in [0.15, 0.2) is 0 Å². The number of nitrogens with one attached hydrogen (secondary N) is 1. The predicted octanol–water partition coefficient (Wildman–Crippen LogP) is 4.36. The smallest absolute Gasteiger partial charge is 0.335 e. The SMILES string of the molecule is Cc1cc(Cl)cc(C(=O)Nc2ccc(C(=O)O)cc2Br)c1. The molecule has 21 heavy (non-hydrogen) atoms. The fourth-order valence-corrected chi connectivity index (χ4v) is 2.58. The van der Waals surface area contributed by atoms with Crippen LogP contribution in [-0.4, -0.2) is 17.0 Å². The van der Waals surface area contributed by atoms with Crippen molar-refractivity contribution in [3.8, 4) is 0 Å². The maximum Gasteiger partial charge on any atom is 0.335 e. The Bertz CT molecular complexity index is 711. The third kappa shape index (κ3) is 3.83. The maximum atomic E-state index is 12.2. The molecule has 1 amide bonds. The zero-order valence-electron chi connectivity index (χ0n) is 11.0. The summed E-state index contributed by atoms with van der Waals surface area (Å²) in [5, 5.41) is 12.1. The van der Waals surface area contributed by atoms with Crippen molar-refractivity contribution in [2.75, 3.05) is 5.32 Å². The molecule has 0 aliphatic heterocycles. The molecule has 108 valence electrons. The minimum absolute atomic E-state index is 0.137. The van der Waals surface area contributed by atoms with E-state index >= 15 is 0 Å². The number of hydrogen-bond donors (Lipinski definition) is 2.